The second-order valence-electron chi connectivity index (χ2n) is 7.72. The van der Waals surface area contributed by atoms with Crippen LogP contribution in [0.5, 0.6) is 5.88 Å². The van der Waals surface area contributed by atoms with Gasteiger partial charge in [0.15, 0.2) is 5.96 Å². The van der Waals surface area contributed by atoms with Crippen molar-refractivity contribution in [3.63, 3.8) is 0 Å². The Kier molecular flexibility index (Phi) is 9.11. The minimum absolute atomic E-state index is 0. The third-order valence-corrected chi connectivity index (χ3v) is 5.55. The number of hydrogen-bond acceptors (Lipinski definition) is 6. The highest BCUT2D eigenvalue weighted by atomic mass is 127. The van der Waals surface area contributed by atoms with Gasteiger partial charge in [-0.2, -0.15) is 0 Å². The smallest absolute Gasteiger partial charge is 0.225 e. The Labute approximate surface area is 201 Å². The number of ether oxygens (including phenoxy) is 1. The van der Waals surface area contributed by atoms with Gasteiger partial charge in [0.2, 0.25) is 11.8 Å². The molecule has 9 heteroatoms. The number of aliphatic imine (C=N–C) groups is 1. The highest BCUT2D eigenvalue weighted by Gasteiger charge is 2.21. The average molecular weight is 537 g/mol. The van der Waals surface area contributed by atoms with E-state index in [-0.39, 0.29) is 24.0 Å². The van der Waals surface area contributed by atoms with E-state index in [1.165, 1.54) is 12.8 Å². The summed E-state index contributed by atoms with van der Waals surface area (Å²) in [5, 5.41) is 3.43. The van der Waals surface area contributed by atoms with E-state index in [1.54, 1.807) is 12.4 Å². The van der Waals surface area contributed by atoms with Crippen molar-refractivity contribution in [2.75, 3.05) is 37.6 Å². The molecular weight excluding hydrogens is 505 g/mol. The molecule has 0 radical (unpaired) electrons. The molecule has 2 fully saturated rings. The standard InChI is InChI=1S/C22H31N7O.HI/c1-2-23-21(28-12-14-29(15-13-28)22-25-9-5-10-26-22)27-17-18-8-11-24-20(16-18)30-19-6-3-4-7-19;/h5,8-11,16,19H,2-4,6-7,12-15,17H2,1H3,(H,23,27);1H. The lowest BCUT2D eigenvalue weighted by molar-refractivity contribution is 0.201. The second-order valence-corrected chi connectivity index (χ2v) is 7.72. The van der Waals surface area contributed by atoms with Crippen LogP contribution in [-0.2, 0) is 6.54 Å². The molecule has 0 aromatic carbocycles. The van der Waals surface area contributed by atoms with Crippen LogP contribution in [0.2, 0.25) is 0 Å². The minimum atomic E-state index is 0. The highest BCUT2D eigenvalue weighted by Crippen LogP contribution is 2.23. The summed E-state index contributed by atoms with van der Waals surface area (Å²) >= 11 is 0. The SMILES string of the molecule is CCNC(=NCc1ccnc(OC2CCCC2)c1)N1CCN(c2ncccn2)CC1.I. The van der Waals surface area contributed by atoms with Gasteiger partial charge in [0.25, 0.3) is 0 Å². The van der Waals surface area contributed by atoms with Crippen LogP contribution in [0.4, 0.5) is 5.95 Å². The van der Waals surface area contributed by atoms with Crippen LogP contribution >= 0.6 is 24.0 Å². The van der Waals surface area contributed by atoms with Crippen molar-refractivity contribution in [2.45, 2.75) is 45.3 Å². The first-order valence-electron chi connectivity index (χ1n) is 11.0. The van der Waals surface area contributed by atoms with Crippen molar-refractivity contribution < 1.29 is 4.74 Å². The number of rotatable bonds is 6. The molecule has 1 saturated carbocycles. The monoisotopic (exact) mass is 537 g/mol. The molecule has 0 amide bonds. The zero-order valence-corrected chi connectivity index (χ0v) is 20.4. The van der Waals surface area contributed by atoms with Gasteiger partial charge in [0, 0.05) is 57.4 Å². The molecule has 31 heavy (non-hydrogen) atoms. The summed E-state index contributed by atoms with van der Waals surface area (Å²) in [6, 6.07) is 5.88. The third-order valence-electron chi connectivity index (χ3n) is 5.55. The molecule has 0 atom stereocenters. The van der Waals surface area contributed by atoms with Crippen LogP contribution in [0.3, 0.4) is 0 Å². The Morgan fingerprint density at radius 2 is 1.84 bits per heavy atom. The fourth-order valence-electron chi connectivity index (χ4n) is 3.95. The Morgan fingerprint density at radius 3 is 2.55 bits per heavy atom. The highest BCUT2D eigenvalue weighted by molar-refractivity contribution is 14.0. The van der Waals surface area contributed by atoms with E-state index in [1.807, 2.05) is 24.4 Å². The van der Waals surface area contributed by atoms with Crippen LogP contribution in [-0.4, -0.2) is 64.6 Å². The summed E-state index contributed by atoms with van der Waals surface area (Å²) in [6.07, 6.45) is 10.5. The number of hydrogen-bond donors (Lipinski definition) is 1. The first-order valence-corrected chi connectivity index (χ1v) is 11.0. The molecule has 0 unspecified atom stereocenters. The lowest BCUT2D eigenvalue weighted by Crippen LogP contribution is -2.52. The van der Waals surface area contributed by atoms with Gasteiger partial charge in [-0.1, -0.05) is 0 Å². The van der Waals surface area contributed by atoms with Gasteiger partial charge in [0.05, 0.1) is 6.54 Å². The maximum absolute atomic E-state index is 6.04. The number of nitrogens with zero attached hydrogens (tertiary/aromatic N) is 6. The van der Waals surface area contributed by atoms with Crippen LogP contribution in [0, 0.1) is 0 Å². The van der Waals surface area contributed by atoms with E-state index in [0.717, 1.165) is 68.9 Å². The fraction of sp³-hybridized carbons (Fsp3) is 0.545. The quantitative estimate of drug-likeness (QED) is 0.345. The molecule has 1 aliphatic carbocycles. The maximum Gasteiger partial charge on any atom is 0.225 e. The third kappa shape index (κ3) is 6.65. The normalized spacial score (nSPS) is 17.4. The van der Waals surface area contributed by atoms with E-state index >= 15 is 0 Å². The van der Waals surface area contributed by atoms with Crippen molar-refractivity contribution in [1.82, 2.24) is 25.2 Å². The van der Waals surface area contributed by atoms with Crippen molar-refractivity contribution in [1.29, 1.82) is 0 Å². The lowest BCUT2D eigenvalue weighted by atomic mass is 10.2. The molecule has 8 nitrogen and oxygen atoms in total. The van der Waals surface area contributed by atoms with Gasteiger partial charge in [-0.05, 0) is 50.3 Å². The zero-order chi connectivity index (χ0) is 20.6. The van der Waals surface area contributed by atoms with E-state index in [2.05, 4.69) is 37.0 Å². The Hall–Kier alpha value is -2.17. The number of guanidine groups is 1. The topological polar surface area (TPSA) is 78.8 Å². The molecule has 4 rings (SSSR count). The van der Waals surface area contributed by atoms with Crippen LogP contribution in [0.1, 0.15) is 38.2 Å². The molecular formula is C22H32IN7O. The van der Waals surface area contributed by atoms with E-state index in [0.29, 0.717) is 12.6 Å². The van der Waals surface area contributed by atoms with Crippen molar-refractivity contribution >= 4 is 35.9 Å². The Balaban J connectivity index is 0.00000272. The average Bonchev–Trinajstić information content (AvgIpc) is 3.31. The molecule has 1 N–H and O–H groups in total. The molecule has 1 aliphatic heterocycles. The molecule has 2 aromatic rings. The lowest BCUT2D eigenvalue weighted by Gasteiger charge is -2.36. The molecule has 1 saturated heterocycles. The molecule has 3 heterocycles. The van der Waals surface area contributed by atoms with E-state index in [9.17, 15) is 0 Å². The van der Waals surface area contributed by atoms with Crippen LogP contribution in [0.25, 0.3) is 0 Å². The minimum Gasteiger partial charge on any atom is -0.474 e. The summed E-state index contributed by atoms with van der Waals surface area (Å²) in [6.45, 7) is 7.07. The van der Waals surface area contributed by atoms with Crippen LogP contribution in [0.15, 0.2) is 41.8 Å². The van der Waals surface area contributed by atoms with Gasteiger partial charge in [0.1, 0.15) is 6.10 Å². The second kappa shape index (κ2) is 12.0. The van der Waals surface area contributed by atoms with Gasteiger partial charge >= 0.3 is 0 Å². The molecule has 2 aromatic heterocycles. The largest absolute Gasteiger partial charge is 0.474 e. The van der Waals surface area contributed by atoms with Gasteiger partial charge in [-0.3, -0.25) is 0 Å². The van der Waals surface area contributed by atoms with Crippen LogP contribution < -0.4 is 15.0 Å². The van der Waals surface area contributed by atoms with Crippen molar-refractivity contribution in [2.24, 2.45) is 4.99 Å². The first-order chi connectivity index (χ1) is 14.8. The van der Waals surface area contributed by atoms with E-state index < -0.39 is 0 Å². The Morgan fingerprint density at radius 1 is 1.10 bits per heavy atom. The molecule has 0 spiro atoms. The maximum atomic E-state index is 6.04. The predicted molar refractivity (Wildman–Crippen MR) is 133 cm³/mol. The van der Waals surface area contributed by atoms with Gasteiger partial charge < -0.3 is 19.9 Å². The number of halogens is 1. The summed E-state index contributed by atoms with van der Waals surface area (Å²) in [7, 11) is 0. The number of anilines is 1. The summed E-state index contributed by atoms with van der Waals surface area (Å²) < 4.78 is 6.04. The molecule has 2 aliphatic rings. The number of pyridine rings is 1. The number of aromatic nitrogens is 3. The van der Waals surface area contributed by atoms with E-state index in [4.69, 9.17) is 9.73 Å². The summed E-state index contributed by atoms with van der Waals surface area (Å²) in [5.74, 6) is 2.46. The van der Waals surface area contributed by atoms with Gasteiger partial charge in [-0.25, -0.2) is 19.9 Å². The van der Waals surface area contributed by atoms with Crippen molar-refractivity contribution in [3.8, 4) is 5.88 Å². The van der Waals surface area contributed by atoms with Gasteiger partial charge in [-0.15, -0.1) is 24.0 Å². The number of piperazine rings is 1. The molecule has 0 bridgehead atoms. The summed E-state index contributed by atoms with van der Waals surface area (Å²) in [4.78, 5) is 22.5. The predicted octanol–water partition coefficient (Wildman–Crippen LogP) is 3.10. The summed E-state index contributed by atoms with van der Waals surface area (Å²) in [5.41, 5.74) is 1.12. The first kappa shape index (κ1) is 23.5. The fourth-order valence-corrected chi connectivity index (χ4v) is 3.95. The molecule has 168 valence electrons. The van der Waals surface area contributed by atoms with Crippen molar-refractivity contribution in [3.05, 3.63) is 42.4 Å². The number of nitrogens with one attached hydrogen (secondary N) is 1. The Bertz CT molecular complexity index is 822. The zero-order valence-electron chi connectivity index (χ0n) is 18.1.